The van der Waals surface area contributed by atoms with Crippen LogP contribution in [0.15, 0.2) is 108 Å². The molecule has 6 rings (SSSR count). The first kappa shape index (κ1) is 45.5. The maximum absolute atomic E-state index is 12.0. The van der Waals surface area contributed by atoms with E-state index in [0.29, 0.717) is 32.1 Å². The van der Waals surface area contributed by atoms with Crippen LogP contribution in [0.1, 0.15) is 81.6 Å². The summed E-state index contributed by atoms with van der Waals surface area (Å²) in [5.41, 5.74) is 2.17. The highest BCUT2D eigenvalue weighted by Crippen LogP contribution is 2.36. The fourth-order valence-corrected chi connectivity index (χ4v) is 6.14. The van der Waals surface area contributed by atoms with Gasteiger partial charge in [0.1, 0.15) is 74.2 Å². The van der Waals surface area contributed by atoms with Gasteiger partial charge in [0.15, 0.2) is 17.3 Å². The molecule has 60 heavy (non-hydrogen) atoms. The number of carbonyl (C=O) groups is 3. The van der Waals surface area contributed by atoms with Gasteiger partial charge in [0.2, 0.25) is 0 Å². The first-order valence-corrected chi connectivity index (χ1v) is 18.6. The molecule has 0 heterocycles. The highest BCUT2D eigenvalue weighted by Gasteiger charge is 2.20. The fourth-order valence-electron chi connectivity index (χ4n) is 6.14. The molecule has 0 bridgehead atoms. The van der Waals surface area contributed by atoms with Gasteiger partial charge in [0.25, 0.3) is 0 Å². The largest absolute Gasteiger partial charge is 0.508 e. The third kappa shape index (κ3) is 13.2. The lowest BCUT2D eigenvalue weighted by Gasteiger charge is -2.11. The van der Waals surface area contributed by atoms with E-state index in [1.165, 1.54) is 12.1 Å². The molecule has 12 N–H and O–H groups in total. The number of aryl methyl sites for hydroxylation is 1. The van der Waals surface area contributed by atoms with Crippen molar-refractivity contribution in [2.75, 3.05) is 0 Å². The lowest BCUT2D eigenvalue weighted by molar-refractivity contribution is 0.0968. The number of benzene rings is 4. The summed E-state index contributed by atoms with van der Waals surface area (Å²) in [5, 5.41) is 113. The number of aliphatic hydroxyl groups excluding tert-OH is 2. The highest BCUT2D eigenvalue weighted by molar-refractivity contribution is 6.02. The number of aromatic hydroxyl groups is 10. The summed E-state index contributed by atoms with van der Waals surface area (Å²) in [7, 11) is 0. The second-order valence-corrected chi connectivity index (χ2v) is 13.9. The standard InChI is InChI=1S/2C15H16O5.C15H14O5/c3*16-10-4-1-9(2-5-10)3-6-12(18)15-13(19)7-11(17)8-14(15)20/h2*1-2,4,7-8,10,16-17,19-20H,3,5-6H2;1-2,4-5,7-8,16-17,19-20H,3,6H2. The Morgan fingerprint density at radius 1 is 0.433 bits per heavy atom. The van der Waals surface area contributed by atoms with Crippen molar-refractivity contribution in [3.05, 3.63) is 131 Å². The number of rotatable bonds is 12. The molecule has 4 aromatic carbocycles. The van der Waals surface area contributed by atoms with Gasteiger partial charge in [0, 0.05) is 55.7 Å². The van der Waals surface area contributed by atoms with E-state index in [4.69, 9.17) is 5.11 Å². The zero-order valence-electron chi connectivity index (χ0n) is 32.1. The predicted molar refractivity (Wildman–Crippen MR) is 218 cm³/mol. The smallest absolute Gasteiger partial charge is 0.170 e. The molecule has 2 aliphatic carbocycles. The van der Waals surface area contributed by atoms with Gasteiger partial charge >= 0.3 is 0 Å². The van der Waals surface area contributed by atoms with E-state index in [-0.39, 0.29) is 59.0 Å². The minimum absolute atomic E-state index is 0.0939. The summed E-state index contributed by atoms with van der Waals surface area (Å²) in [4.78, 5) is 36.0. The molecule has 0 saturated carbocycles. The van der Waals surface area contributed by atoms with E-state index in [0.717, 1.165) is 53.1 Å². The summed E-state index contributed by atoms with van der Waals surface area (Å²) in [6.07, 6.45) is 12.3. The molecule has 0 saturated heterocycles. The van der Waals surface area contributed by atoms with E-state index in [9.17, 15) is 70.6 Å². The summed E-state index contributed by atoms with van der Waals surface area (Å²) in [5.74, 6) is -4.62. The van der Waals surface area contributed by atoms with Crippen molar-refractivity contribution in [2.24, 2.45) is 0 Å². The van der Waals surface area contributed by atoms with E-state index >= 15 is 0 Å². The molecule has 4 aromatic rings. The average Bonchev–Trinajstić information content (AvgIpc) is 3.16. The highest BCUT2D eigenvalue weighted by atomic mass is 16.3. The molecule has 0 fully saturated rings. The van der Waals surface area contributed by atoms with Crippen molar-refractivity contribution in [2.45, 2.75) is 63.6 Å². The zero-order chi connectivity index (χ0) is 44.1. The Morgan fingerprint density at radius 3 is 1.02 bits per heavy atom. The lowest BCUT2D eigenvalue weighted by Crippen LogP contribution is -2.05. The normalized spacial score (nSPS) is 15.4. The number of allylic oxidation sites excluding steroid dienone is 4. The summed E-state index contributed by atoms with van der Waals surface area (Å²) in [6.45, 7) is 0. The molecule has 316 valence electrons. The lowest BCUT2D eigenvalue weighted by atomic mass is 9.97. The van der Waals surface area contributed by atoms with Gasteiger partial charge in [-0.25, -0.2) is 0 Å². The van der Waals surface area contributed by atoms with Crippen LogP contribution in [0.25, 0.3) is 0 Å². The van der Waals surface area contributed by atoms with Crippen molar-refractivity contribution in [3.63, 3.8) is 0 Å². The number of Topliss-reactive ketones (excluding diaryl/α,β-unsaturated/α-hetero) is 3. The van der Waals surface area contributed by atoms with Crippen LogP contribution in [-0.4, -0.2) is 90.8 Å². The molecule has 15 heteroatoms. The van der Waals surface area contributed by atoms with Gasteiger partial charge in [-0.2, -0.15) is 0 Å². The van der Waals surface area contributed by atoms with Crippen LogP contribution in [-0.2, 0) is 6.42 Å². The monoisotopic (exact) mass is 826 g/mol. The first-order valence-electron chi connectivity index (χ1n) is 18.6. The predicted octanol–water partition coefficient (Wildman–Crippen LogP) is 6.35. The van der Waals surface area contributed by atoms with Crippen LogP contribution in [0.3, 0.4) is 0 Å². The second-order valence-electron chi connectivity index (χ2n) is 13.9. The number of hydrogen-bond donors (Lipinski definition) is 12. The van der Waals surface area contributed by atoms with Gasteiger partial charge < -0.3 is 61.3 Å². The number of ketones is 3. The number of phenols is 10. The van der Waals surface area contributed by atoms with Crippen molar-refractivity contribution >= 4 is 17.3 Å². The molecule has 2 aliphatic rings. The van der Waals surface area contributed by atoms with Gasteiger partial charge in [-0.1, -0.05) is 59.7 Å². The molecule has 2 unspecified atom stereocenters. The molecule has 0 radical (unpaired) electrons. The quantitative estimate of drug-likeness (QED) is 0.0693. The van der Waals surface area contributed by atoms with Gasteiger partial charge in [-0.3, -0.25) is 14.4 Å². The van der Waals surface area contributed by atoms with Crippen LogP contribution >= 0.6 is 0 Å². The van der Waals surface area contributed by atoms with Crippen molar-refractivity contribution < 1.29 is 75.7 Å². The van der Waals surface area contributed by atoms with E-state index < -0.39 is 64.1 Å². The Bertz CT molecular complexity index is 2140. The summed E-state index contributed by atoms with van der Waals surface area (Å²) >= 11 is 0. The fraction of sp³-hybridized carbons (Fsp3) is 0.222. The Labute approximate surface area is 344 Å². The molecule has 15 nitrogen and oxygen atoms in total. The minimum atomic E-state index is -0.473. The Kier molecular flexibility index (Phi) is 15.9. The molecule has 0 amide bonds. The number of phenolic OH excluding ortho intramolecular Hbond substituents is 10. The molecular weight excluding hydrogens is 780 g/mol. The van der Waals surface area contributed by atoms with Crippen LogP contribution in [0.2, 0.25) is 0 Å². The van der Waals surface area contributed by atoms with E-state index in [1.807, 2.05) is 12.2 Å². The van der Waals surface area contributed by atoms with Crippen LogP contribution in [0.5, 0.6) is 57.5 Å². The van der Waals surface area contributed by atoms with E-state index in [2.05, 4.69) is 0 Å². The number of carbonyl (C=O) groups excluding carboxylic acids is 3. The van der Waals surface area contributed by atoms with Gasteiger partial charge in [-0.05, 0) is 49.8 Å². The number of aliphatic hydroxyl groups is 2. The van der Waals surface area contributed by atoms with Crippen molar-refractivity contribution in [1.29, 1.82) is 0 Å². The SMILES string of the molecule is O=C(CCC1=CCC(O)C=C1)c1c(O)cc(O)cc1O.O=C(CCC1=CCC(O)C=C1)c1c(O)cc(O)cc1O.O=C(CCc1ccc(O)cc1)c1c(O)cc(O)cc1O. The first-order chi connectivity index (χ1) is 28.4. The van der Waals surface area contributed by atoms with Crippen molar-refractivity contribution in [3.8, 4) is 57.5 Å². The van der Waals surface area contributed by atoms with Crippen LogP contribution in [0, 0.1) is 0 Å². The molecule has 0 aliphatic heterocycles. The Morgan fingerprint density at radius 2 is 0.733 bits per heavy atom. The molecular formula is C45H46O15. The van der Waals surface area contributed by atoms with Gasteiger partial charge in [0.05, 0.1) is 12.2 Å². The molecule has 2 atom stereocenters. The number of hydrogen-bond acceptors (Lipinski definition) is 15. The maximum Gasteiger partial charge on any atom is 0.170 e. The summed E-state index contributed by atoms with van der Waals surface area (Å²) < 4.78 is 0. The van der Waals surface area contributed by atoms with Crippen molar-refractivity contribution in [1.82, 2.24) is 0 Å². The van der Waals surface area contributed by atoms with Gasteiger partial charge in [-0.15, -0.1) is 0 Å². The maximum atomic E-state index is 12.0. The Hall–Kier alpha value is -7.23. The molecule has 0 spiro atoms. The molecule has 0 aromatic heterocycles. The third-order valence-electron chi connectivity index (χ3n) is 9.25. The zero-order valence-corrected chi connectivity index (χ0v) is 32.1. The summed E-state index contributed by atoms with van der Waals surface area (Å²) in [6, 6.07) is 12.5. The Balaban J connectivity index is 0.000000198. The third-order valence-corrected chi connectivity index (χ3v) is 9.25. The minimum Gasteiger partial charge on any atom is -0.508 e. The topological polar surface area (TPSA) is 294 Å². The van der Waals surface area contributed by atoms with Crippen LogP contribution in [0.4, 0.5) is 0 Å². The second kappa shape index (κ2) is 21.0. The van der Waals surface area contributed by atoms with Crippen LogP contribution < -0.4 is 0 Å². The average molecular weight is 827 g/mol. The van der Waals surface area contributed by atoms with E-state index in [1.54, 1.807) is 36.4 Å².